The SMILES string of the molecule is O=C(CN1CCCn2c1nc(-c1ccncn1)cc2=O)c1ccc(F)cc1. The van der Waals surface area contributed by atoms with Gasteiger partial charge in [0.15, 0.2) is 5.78 Å². The van der Waals surface area contributed by atoms with Crippen LogP contribution >= 0.6 is 0 Å². The zero-order valence-electron chi connectivity index (χ0n) is 14.4. The summed E-state index contributed by atoms with van der Waals surface area (Å²) < 4.78 is 14.6. The van der Waals surface area contributed by atoms with Crippen LogP contribution in [0.15, 0.2) is 53.7 Å². The van der Waals surface area contributed by atoms with Crippen LogP contribution in [0.2, 0.25) is 0 Å². The molecule has 3 aromatic rings. The fourth-order valence-electron chi connectivity index (χ4n) is 3.09. The van der Waals surface area contributed by atoms with Gasteiger partial charge in [0.05, 0.1) is 17.9 Å². The molecule has 3 heterocycles. The topological polar surface area (TPSA) is 81.0 Å². The number of anilines is 1. The third-order valence-electron chi connectivity index (χ3n) is 4.43. The minimum absolute atomic E-state index is 0.0608. The van der Waals surface area contributed by atoms with Crippen molar-refractivity contribution in [2.24, 2.45) is 0 Å². The monoisotopic (exact) mass is 365 g/mol. The minimum Gasteiger partial charge on any atom is -0.334 e. The summed E-state index contributed by atoms with van der Waals surface area (Å²) in [5, 5.41) is 0. The maximum Gasteiger partial charge on any atom is 0.255 e. The van der Waals surface area contributed by atoms with Crippen LogP contribution in [0.1, 0.15) is 16.8 Å². The number of benzene rings is 1. The molecule has 27 heavy (non-hydrogen) atoms. The molecule has 0 unspecified atom stereocenters. The van der Waals surface area contributed by atoms with Gasteiger partial charge in [-0.05, 0) is 36.8 Å². The number of rotatable bonds is 4. The molecular formula is C19H16FN5O2. The third-order valence-corrected chi connectivity index (χ3v) is 4.43. The first-order valence-corrected chi connectivity index (χ1v) is 8.54. The Morgan fingerprint density at radius 2 is 1.93 bits per heavy atom. The number of carbonyl (C=O) groups excluding carboxylic acids is 1. The van der Waals surface area contributed by atoms with Gasteiger partial charge in [-0.25, -0.2) is 19.3 Å². The Bertz CT molecular complexity index is 1030. The molecule has 0 spiro atoms. The van der Waals surface area contributed by atoms with Crippen LogP contribution in [0.3, 0.4) is 0 Å². The predicted molar refractivity (Wildman–Crippen MR) is 97.1 cm³/mol. The number of ketones is 1. The van der Waals surface area contributed by atoms with Crippen LogP contribution in [-0.4, -0.2) is 38.4 Å². The molecule has 0 N–H and O–H groups in total. The predicted octanol–water partition coefficient (Wildman–Crippen LogP) is 1.93. The summed E-state index contributed by atoms with van der Waals surface area (Å²) in [4.78, 5) is 39.5. The van der Waals surface area contributed by atoms with E-state index in [2.05, 4.69) is 15.0 Å². The van der Waals surface area contributed by atoms with Crippen molar-refractivity contribution in [2.45, 2.75) is 13.0 Å². The Kier molecular flexibility index (Phi) is 4.45. The van der Waals surface area contributed by atoms with E-state index in [1.807, 2.05) is 0 Å². The molecule has 0 atom stereocenters. The van der Waals surface area contributed by atoms with Crippen LogP contribution in [0, 0.1) is 5.82 Å². The Hall–Kier alpha value is -3.42. The molecule has 0 fully saturated rings. The molecular weight excluding hydrogens is 349 g/mol. The van der Waals surface area contributed by atoms with Crippen LogP contribution in [0.4, 0.5) is 10.3 Å². The first-order valence-electron chi connectivity index (χ1n) is 8.54. The Balaban J connectivity index is 1.67. The highest BCUT2D eigenvalue weighted by Crippen LogP contribution is 2.21. The second kappa shape index (κ2) is 7.06. The van der Waals surface area contributed by atoms with Gasteiger partial charge in [0, 0.05) is 30.9 Å². The Morgan fingerprint density at radius 1 is 1.11 bits per heavy atom. The highest BCUT2D eigenvalue weighted by molar-refractivity contribution is 5.99. The van der Waals surface area contributed by atoms with Crippen molar-refractivity contribution in [1.82, 2.24) is 19.5 Å². The summed E-state index contributed by atoms with van der Waals surface area (Å²) in [7, 11) is 0. The van der Waals surface area contributed by atoms with E-state index in [1.54, 1.807) is 21.7 Å². The highest BCUT2D eigenvalue weighted by atomic mass is 19.1. The van der Waals surface area contributed by atoms with Gasteiger partial charge in [-0.2, -0.15) is 0 Å². The lowest BCUT2D eigenvalue weighted by Gasteiger charge is -2.30. The number of hydrogen-bond donors (Lipinski definition) is 0. The number of carbonyl (C=O) groups is 1. The molecule has 0 saturated carbocycles. The first-order chi connectivity index (χ1) is 13.1. The molecule has 1 aliphatic heterocycles. The largest absolute Gasteiger partial charge is 0.334 e. The average Bonchev–Trinajstić information content (AvgIpc) is 2.69. The van der Waals surface area contributed by atoms with Gasteiger partial charge in [0.2, 0.25) is 5.95 Å². The summed E-state index contributed by atoms with van der Waals surface area (Å²) in [6.45, 7) is 1.21. The normalized spacial score (nSPS) is 13.3. The van der Waals surface area contributed by atoms with E-state index in [0.29, 0.717) is 36.0 Å². The quantitative estimate of drug-likeness (QED) is 0.657. The van der Waals surface area contributed by atoms with Crippen molar-refractivity contribution in [3.8, 4) is 11.4 Å². The van der Waals surface area contributed by atoms with Crippen molar-refractivity contribution >= 4 is 11.7 Å². The number of fused-ring (bicyclic) bond motifs is 1. The lowest BCUT2D eigenvalue weighted by atomic mass is 10.1. The Morgan fingerprint density at radius 3 is 2.67 bits per heavy atom. The fraction of sp³-hybridized carbons (Fsp3) is 0.211. The molecule has 0 amide bonds. The molecule has 7 nitrogen and oxygen atoms in total. The number of aromatic nitrogens is 4. The number of nitrogens with zero attached hydrogens (tertiary/aromatic N) is 5. The van der Waals surface area contributed by atoms with Gasteiger partial charge in [0.25, 0.3) is 5.56 Å². The van der Waals surface area contributed by atoms with Crippen LogP contribution in [0.25, 0.3) is 11.4 Å². The van der Waals surface area contributed by atoms with Gasteiger partial charge in [-0.3, -0.25) is 14.2 Å². The standard InChI is InChI=1S/C19H16FN5O2/c20-14-4-2-13(3-5-14)17(26)11-24-8-1-9-25-18(27)10-16(23-19(24)25)15-6-7-21-12-22-15/h2-7,10,12H,1,8-9,11H2. The van der Waals surface area contributed by atoms with Gasteiger partial charge in [-0.1, -0.05) is 0 Å². The lowest BCUT2D eigenvalue weighted by molar-refractivity contribution is 0.0997. The van der Waals surface area contributed by atoms with Crippen LogP contribution in [0.5, 0.6) is 0 Å². The van der Waals surface area contributed by atoms with Crippen molar-refractivity contribution < 1.29 is 9.18 Å². The molecule has 0 radical (unpaired) electrons. The molecule has 2 aromatic heterocycles. The maximum absolute atomic E-state index is 13.1. The maximum atomic E-state index is 13.1. The minimum atomic E-state index is -0.391. The zero-order valence-corrected chi connectivity index (χ0v) is 14.4. The smallest absolute Gasteiger partial charge is 0.255 e. The summed E-state index contributed by atoms with van der Waals surface area (Å²) in [5.74, 6) is -0.111. The summed E-state index contributed by atoms with van der Waals surface area (Å²) in [6.07, 6.45) is 3.71. The Labute approximate surface area is 154 Å². The average molecular weight is 365 g/mol. The molecule has 1 aromatic carbocycles. The van der Waals surface area contributed by atoms with E-state index in [4.69, 9.17) is 0 Å². The number of Topliss-reactive ketones (excluding diaryl/α,β-unsaturated/α-hetero) is 1. The van der Waals surface area contributed by atoms with E-state index in [0.717, 1.165) is 6.42 Å². The molecule has 136 valence electrons. The van der Waals surface area contributed by atoms with E-state index < -0.39 is 5.82 Å². The molecule has 0 aliphatic carbocycles. The van der Waals surface area contributed by atoms with Gasteiger partial charge in [0.1, 0.15) is 12.1 Å². The fourth-order valence-corrected chi connectivity index (χ4v) is 3.09. The van der Waals surface area contributed by atoms with E-state index >= 15 is 0 Å². The van der Waals surface area contributed by atoms with Crippen molar-refractivity contribution in [2.75, 3.05) is 18.0 Å². The van der Waals surface area contributed by atoms with E-state index in [1.165, 1.54) is 36.7 Å². The molecule has 0 bridgehead atoms. The third kappa shape index (κ3) is 3.46. The second-order valence-electron chi connectivity index (χ2n) is 6.23. The summed E-state index contributed by atoms with van der Waals surface area (Å²) in [5.41, 5.74) is 1.21. The van der Waals surface area contributed by atoms with Crippen LogP contribution in [-0.2, 0) is 6.54 Å². The van der Waals surface area contributed by atoms with Crippen molar-refractivity contribution in [1.29, 1.82) is 0 Å². The summed E-state index contributed by atoms with van der Waals surface area (Å²) >= 11 is 0. The van der Waals surface area contributed by atoms with Crippen LogP contribution < -0.4 is 10.5 Å². The molecule has 0 saturated heterocycles. The second-order valence-corrected chi connectivity index (χ2v) is 6.23. The van der Waals surface area contributed by atoms with E-state index in [-0.39, 0.29) is 17.9 Å². The summed E-state index contributed by atoms with van der Waals surface area (Å²) in [6, 6.07) is 8.55. The van der Waals surface area contributed by atoms with Gasteiger partial charge in [-0.15, -0.1) is 0 Å². The van der Waals surface area contributed by atoms with E-state index in [9.17, 15) is 14.0 Å². The first kappa shape index (κ1) is 17.0. The highest BCUT2D eigenvalue weighted by Gasteiger charge is 2.23. The van der Waals surface area contributed by atoms with Crippen molar-refractivity contribution in [3.05, 3.63) is 70.7 Å². The molecule has 8 heteroatoms. The van der Waals surface area contributed by atoms with Gasteiger partial charge >= 0.3 is 0 Å². The van der Waals surface area contributed by atoms with Crippen molar-refractivity contribution in [3.63, 3.8) is 0 Å². The number of hydrogen-bond acceptors (Lipinski definition) is 6. The lowest BCUT2D eigenvalue weighted by Crippen LogP contribution is -2.41. The zero-order chi connectivity index (χ0) is 18.8. The number of halogens is 1. The molecule has 1 aliphatic rings. The van der Waals surface area contributed by atoms with Gasteiger partial charge < -0.3 is 4.90 Å². The molecule has 4 rings (SSSR count).